The number of hydrogen-bond acceptors (Lipinski definition) is 4. The quantitative estimate of drug-likeness (QED) is 0.714. The van der Waals surface area contributed by atoms with Crippen molar-refractivity contribution in [2.45, 2.75) is 18.8 Å². The van der Waals surface area contributed by atoms with Crippen LogP contribution in [0.5, 0.6) is 0 Å². The van der Waals surface area contributed by atoms with Crippen LogP contribution in [0.1, 0.15) is 34.7 Å². The number of pyridine rings is 1. The minimum Gasteiger partial charge on any atom is -0.465 e. The smallest absolute Gasteiger partial charge is 0.339 e. The summed E-state index contributed by atoms with van der Waals surface area (Å²) in [6.07, 6.45) is 5.34. The molecule has 1 aliphatic heterocycles. The number of ether oxygens (including phenoxy) is 2. The summed E-state index contributed by atoms with van der Waals surface area (Å²) in [5, 5.41) is 0. The third-order valence-corrected chi connectivity index (χ3v) is 2.87. The van der Waals surface area contributed by atoms with E-state index >= 15 is 0 Å². The minimum absolute atomic E-state index is 0.332. The van der Waals surface area contributed by atoms with E-state index in [0.717, 1.165) is 31.6 Å². The molecule has 0 saturated carbocycles. The highest BCUT2D eigenvalue weighted by atomic mass is 16.5. The van der Waals surface area contributed by atoms with Gasteiger partial charge in [0.05, 0.1) is 12.7 Å². The zero-order valence-corrected chi connectivity index (χ0v) is 9.31. The van der Waals surface area contributed by atoms with Crippen LogP contribution in [0.15, 0.2) is 18.5 Å². The summed E-state index contributed by atoms with van der Waals surface area (Å²) in [6, 6.07) is 1.87. The van der Waals surface area contributed by atoms with Crippen LogP contribution in [0.3, 0.4) is 0 Å². The summed E-state index contributed by atoms with van der Waals surface area (Å²) < 4.78 is 9.98. The Morgan fingerprint density at radius 1 is 1.44 bits per heavy atom. The average Bonchev–Trinajstić information content (AvgIpc) is 2.39. The largest absolute Gasteiger partial charge is 0.465 e. The van der Waals surface area contributed by atoms with E-state index in [2.05, 4.69) is 9.72 Å². The molecule has 2 rings (SSSR count). The van der Waals surface area contributed by atoms with Gasteiger partial charge in [0.15, 0.2) is 0 Å². The molecule has 4 nitrogen and oxygen atoms in total. The molecule has 86 valence electrons. The van der Waals surface area contributed by atoms with Crippen molar-refractivity contribution in [2.75, 3.05) is 20.3 Å². The first-order chi connectivity index (χ1) is 7.81. The van der Waals surface area contributed by atoms with Gasteiger partial charge < -0.3 is 9.47 Å². The van der Waals surface area contributed by atoms with E-state index in [0.29, 0.717) is 11.5 Å². The maximum Gasteiger partial charge on any atom is 0.339 e. The lowest BCUT2D eigenvalue weighted by molar-refractivity contribution is 0.0600. The molecule has 1 aliphatic rings. The van der Waals surface area contributed by atoms with Crippen LogP contribution >= 0.6 is 0 Å². The number of hydrogen-bond donors (Lipinski definition) is 0. The van der Waals surface area contributed by atoms with E-state index in [1.165, 1.54) is 13.3 Å². The zero-order valence-electron chi connectivity index (χ0n) is 9.31. The lowest BCUT2D eigenvalue weighted by Crippen LogP contribution is -2.15. The predicted octanol–water partition coefficient (Wildman–Crippen LogP) is 1.76. The molecule has 1 fully saturated rings. The van der Waals surface area contributed by atoms with Crippen molar-refractivity contribution in [3.63, 3.8) is 0 Å². The van der Waals surface area contributed by atoms with Gasteiger partial charge in [0.25, 0.3) is 0 Å². The summed E-state index contributed by atoms with van der Waals surface area (Å²) in [5.74, 6) is 0.118. The first-order valence-electron chi connectivity index (χ1n) is 5.42. The third-order valence-electron chi connectivity index (χ3n) is 2.87. The molecule has 0 bridgehead atoms. The van der Waals surface area contributed by atoms with Crippen LogP contribution in [0.4, 0.5) is 0 Å². The first-order valence-corrected chi connectivity index (χ1v) is 5.42. The normalized spacial score (nSPS) is 17.1. The van der Waals surface area contributed by atoms with Crippen LogP contribution < -0.4 is 0 Å². The number of rotatable bonds is 2. The van der Waals surface area contributed by atoms with E-state index in [-0.39, 0.29) is 5.97 Å². The Morgan fingerprint density at radius 3 is 2.88 bits per heavy atom. The van der Waals surface area contributed by atoms with Gasteiger partial charge in [-0.1, -0.05) is 0 Å². The molecular weight excluding hydrogens is 206 g/mol. The van der Waals surface area contributed by atoms with E-state index in [1.807, 2.05) is 12.3 Å². The Kier molecular flexibility index (Phi) is 3.51. The van der Waals surface area contributed by atoms with E-state index in [4.69, 9.17) is 4.74 Å². The van der Waals surface area contributed by atoms with Gasteiger partial charge in [0.1, 0.15) is 0 Å². The van der Waals surface area contributed by atoms with E-state index < -0.39 is 0 Å². The molecule has 0 N–H and O–H groups in total. The standard InChI is InChI=1S/C12H15NO3/c1-15-12(14)11-6-10(7-13-8-11)9-2-4-16-5-3-9/h6-9H,2-5H2,1H3. The Labute approximate surface area is 94.6 Å². The summed E-state index contributed by atoms with van der Waals surface area (Å²) in [7, 11) is 1.38. The van der Waals surface area contributed by atoms with Crippen molar-refractivity contribution in [3.8, 4) is 0 Å². The fraction of sp³-hybridized carbons (Fsp3) is 0.500. The highest BCUT2D eigenvalue weighted by Crippen LogP contribution is 2.26. The number of esters is 1. The molecule has 0 aromatic carbocycles. The molecule has 0 radical (unpaired) electrons. The number of nitrogens with zero attached hydrogens (tertiary/aromatic N) is 1. The number of carbonyl (C=O) groups is 1. The fourth-order valence-electron chi connectivity index (χ4n) is 1.94. The van der Waals surface area contributed by atoms with Crippen LogP contribution in [-0.4, -0.2) is 31.3 Å². The summed E-state index contributed by atoms with van der Waals surface area (Å²) >= 11 is 0. The number of methoxy groups -OCH3 is 1. The summed E-state index contributed by atoms with van der Waals surface area (Å²) in [4.78, 5) is 15.4. The SMILES string of the molecule is COC(=O)c1cncc(C2CCOCC2)c1. The Morgan fingerprint density at radius 2 is 2.19 bits per heavy atom. The van der Waals surface area contributed by atoms with Crippen molar-refractivity contribution in [1.29, 1.82) is 0 Å². The first kappa shape index (κ1) is 11.1. The second kappa shape index (κ2) is 5.07. The molecule has 0 aliphatic carbocycles. The Bertz CT molecular complexity index is 372. The molecule has 0 spiro atoms. The van der Waals surface area contributed by atoms with Crippen molar-refractivity contribution in [3.05, 3.63) is 29.6 Å². The second-order valence-electron chi connectivity index (χ2n) is 3.89. The molecule has 4 heteroatoms. The molecule has 0 atom stereocenters. The van der Waals surface area contributed by atoms with E-state index in [9.17, 15) is 4.79 Å². The van der Waals surface area contributed by atoms with Gasteiger partial charge in [-0.05, 0) is 30.4 Å². The predicted molar refractivity (Wildman–Crippen MR) is 58.4 cm³/mol. The Balaban J connectivity index is 2.17. The molecule has 16 heavy (non-hydrogen) atoms. The van der Waals surface area contributed by atoms with Crippen molar-refractivity contribution in [2.24, 2.45) is 0 Å². The van der Waals surface area contributed by atoms with Gasteiger partial charge in [-0.2, -0.15) is 0 Å². The van der Waals surface area contributed by atoms with Gasteiger partial charge in [-0.15, -0.1) is 0 Å². The van der Waals surface area contributed by atoms with E-state index in [1.54, 1.807) is 0 Å². The molecule has 2 heterocycles. The lowest BCUT2D eigenvalue weighted by atomic mass is 9.92. The summed E-state index contributed by atoms with van der Waals surface area (Å²) in [5.41, 5.74) is 1.62. The van der Waals surface area contributed by atoms with Gasteiger partial charge >= 0.3 is 5.97 Å². The average molecular weight is 221 g/mol. The highest BCUT2D eigenvalue weighted by molar-refractivity contribution is 5.89. The maximum atomic E-state index is 11.4. The van der Waals surface area contributed by atoms with Crippen molar-refractivity contribution in [1.82, 2.24) is 4.98 Å². The summed E-state index contributed by atoms with van der Waals surface area (Å²) in [6.45, 7) is 1.57. The zero-order chi connectivity index (χ0) is 11.4. The minimum atomic E-state index is -0.332. The molecule has 1 aromatic heterocycles. The van der Waals surface area contributed by atoms with Gasteiger partial charge in [0, 0.05) is 25.6 Å². The second-order valence-corrected chi connectivity index (χ2v) is 3.89. The third kappa shape index (κ3) is 2.39. The molecule has 1 saturated heterocycles. The van der Waals surface area contributed by atoms with Gasteiger partial charge in [-0.3, -0.25) is 4.98 Å². The van der Waals surface area contributed by atoms with Crippen molar-refractivity contribution < 1.29 is 14.3 Å². The fourth-order valence-corrected chi connectivity index (χ4v) is 1.94. The number of aromatic nitrogens is 1. The monoisotopic (exact) mass is 221 g/mol. The van der Waals surface area contributed by atoms with Crippen LogP contribution in [0, 0.1) is 0 Å². The highest BCUT2D eigenvalue weighted by Gasteiger charge is 2.17. The van der Waals surface area contributed by atoms with Crippen LogP contribution in [0.25, 0.3) is 0 Å². The maximum absolute atomic E-state index is 11.4. The van der Waals surface area contributed by atoms with Crippen molar-refractivity contribution >= 4 is 5.97 Å². The lowest BCUT2D eigenvalue weighted by Gasteiger charge is -2.22. The molecule has 0 unspecified atom stereocenters. The van der Waals surface area contributed by atoms with Gasteiger partial charge in [0.2, 0.25) is 0 Å². The number of carbonyl (C=O) groups excluding carboxylic acids is 1. The van der Waals surface area contributed by atoms with Crippen LogP contribution in [-0.2, 0) is 9.47 Å². The molecular formula is C12H15NO3. The van der Waals surface area contributed by atoms with Crippen LogP contribution in [0.2, 0.25) is 0 Å². The van der Waals surface area contributed by atoms with Gasteiger partial charge in [-0.25, -0.2) is 4.79 Å². The molecule has 0 amide bonds. The molecule has 1 aromatic rings. The Hall–Kier alpha value is -1.42. The topological polar surface area (TPSA) is 48.4 Å².